The number of hydrogen-bond donors (Lipinski definition) is 2. The minimum atomic E-state index is 0. The van der Waals surface area contributed by atoms with E-state index in [0.717, 1.165) is 80.3 Å². The molecule has 1 aromatic heterocycles. The van der Waals surface area contributed by atoms with Gasteiger partial charge in [-0.15, -0.1) is 0 Å². The zero-order chi connectivity index (χ0) is 41.2. The first-order valence-electron chi connectivity index (χ1n) is 23.8. The molecule has 314 valence electrons. The van der Waals surface area contributed by atoms with Crippen molar-refractivity contribution in [1.29, 1.82) is 0 Å². The van der Waals surface area contributed by atoms with Gasteiger partial charge in [-0.25, -0.2) is 4.98 Å². The second-order valence-corrected chi connectivity index (χ2v) is 22.1. The zero-order valence-corrected chi connectivity index (χ0v) is 39.9. The molecule has 2 N–H and O–H groups in total. The van der Waals surface area contributed by atoms with E-state index in [1.807, 2.05) is 0 Å². The minimum absolute atomic E-state index is 0. The summed E-state index contributed by atoms with van der Waals surface area (Å²) in [5.41, 5.74) is 15.4. The Morgan fingerprint density at radius 3 is 1.13 bits per heavy atom. The van der Waals surface area contributed by atoms with Gasteiger partial charge in [0.2, 0.25) is 0 Å². The molecule has 8 fully saturated rings. The molecule has 0 amide bonds. The number of phenolic OH excluding ortho intramolecular Hbond substituents is 2. The quantitative estimate of drug-likeness (QED) is 0.163. The largest absolute Gasteiger partial charge is 0.507 e. The molecule has 4 aromatic carbocycles. The molecule has 0 saturated heterocycles. The Morgan fingerprint density at radius 2 is 0.803 bits per heavy atom. The third-order valence-corrected chi connectivity index (χ3v) is 17.0. The molecule has 5 aromatic rings. The predicted octanol–water partition coefficient (Wildman–Crippen LogP) is 15.0. The molecule has 8 bridgehead atoms. The Labute approximate surface area is 384 Å². The Hall–Kier alpha value is -3.49. The molecule has 8 aliphatic carbocycles. The topological polar surface area (TPSA) is 53.4 Å². The fourth-order valence-electron chi connectivity index (χ4n) is 15.1. The van der Waals surface area contributed by atoms with Crippen molar-refractivity contribution in [1.82, 2.24) is 4.98 Å². The number of phenols is 2. The first-order chi connectivity index (χ1) is 28.8. The standard InChI is InChI=1S/C57H65NO2.Zr/c1-32(2)42-10-12-44(48-14-34(5)16-50(54(48)59)56-26-36-18-37(27-56)20-38(19-36)28-56)46(24-42)52-8-7-9-53(58-52)47-25-43(33(3)4)11-13-45(47)49-15-35(6)17-51(55(49)60)57-29-39-21-40(30-57)23-41(22-39)31-57;/h7-17,24-25,32-33,36-41,59-60H,18-23,26-31H2,1-6H3;. The minimum Gasteiger partial charge on any atom is -0.507 e. The first kappa shape index (κ1) is 41.5. The summed E-state index contributed by atoms with van der Waals surface area (Å²) < 4.78 is 0. The summed E-state index contributed by atoms with van der Waals surface area (Å²) >= 11 is 0. The molecule has 4 heteroatoms. The predicted molar refractivity (Wildman–Crippen MR) is 247 cm³/mol. The van der Waals surface area contributed by atoms with Gasteiger partial charge in [0.15, 0.2) is 0 Å². The van der Waals surface area contributed by atoms with Gasteiger partial charge >= 0.3 is 0 Å². The van der Waals surface area contributed by atoms with Gasteiger partial charge in [-0.2, -0.15) is 0 Å². The van der Waals surface area contributed by atoms with Crippen LogP contribution in [0.4, 0.5) is 0 Å². The van der Waals surface area contributed by atoms with E-state index >= 15 is 0 Å². The van der Waals surface area contributed by atoms with Crippen molar-refractivity contribution in [3.63, 3.8) is 0 Å². The van der Waals surface area contributed by atoms with Crippen LogP contribution in [-0.4, -0.2) is 15.2 Å². The maximum Gasteiger partial charge on any atom is 0.127 e. The molecular weight excluding hydrogens is 822 g/mol. The zero-order valence-electron chi connectivity index (χ0n) is 37.5. The number of aromatic nitrogens is 1. The van der Waals surface area contributed by atoms with Crippen LogP contribution < -0.4 is 0 Å². The summed E-state index contributed by atoms with van der Waals surface area (Å²) in [5, 5.41) is 25.1. The van der Waals surface area contributed by atoms with E-state index in [1.165, 1.54) is 110 Å². The van der Waals surface area contributed by atoms with Crippen LogP contribution in [0.5, 0.6) is 11.5 Å². The van der Waals surface area contributed by atoms with Crippen LogP contribution in [0.1, 0.15) is 150 Å². The second-order valence-electron chi connectivity index (χ2n) is 22.1. The number of benzene rings is 4. The number of pyridine rings is 1. The Morgan fingerprint density at radius 1 is 0.459 bits per heavy atom. The molecule has 8 saturated carbocycles. The summed E-state index contributed by atoms with van der Waals surface area (Å²) in [4.78, 5) is 5.58. The van der Waals surface area contributed by atoms with Gasteiger partial charge in [-0.3, -0.25) is 0 Å². The maximum atomic E-state index is 12.5. The number of hydrogen-bond acceptors (Lipinski definition) is 3. The Bertz CT molecular complexity index is 2290. The van der Waals surface area contributed by atoms with E-state index in [1.54, 1.807) is 0 Å². The van der Waals surface area contributed by atoms with E-state index in [0.29, 0.717) is 23.3 Å². The van der Waals surface area contributed by atoms with Crippen LogP contribution in [-0.2, 0) is 37.0 Å². The van der Waals surface area contributed by atoms with Gasteiger partial charge in [-0.1, -0.05) is 70.2 Å². The van der Waals surface area contributed by atoms with Gasteiger partial charge in [0.1, 0.15) is 11.5 Å². The number of nitrogens with zero attached hydrogens (tertiary/aromatic N) is 1. The van der Waals surface area contributed by atoms with Crippen LogP contribution in [0.3, 0.4) is 0 Å². The fourth-order valence-corrected chi connectivity index (χ4v) is 15.1. The summed E-state index contributed by atoms with van der Waals surface area (Å²) in [6.07, 6.45) is 15.6. The van der Waals surface area contributed by atoms with Crippen molar-refractivity contribution in [2.24, 2.45) is 35.5 Å². The summed E-state index contributed by atoms with van der Waals surface area (Å²) in [7, 11) is 0. The Balaban J connectivity index is 0.00000445. The van der Waals surface area contributed by atoms with Crippen molar-refractivity contribution in [2.75, 3.05) is 0 Å². The van der Waals surface area contributed by atoms with E-state index < -0.39 is 0 Å². The fraction of sp³-hybridized carbons (Fsp3) is 0.491. The van der Waals surface area contributed by atoms with Gasteiger partial charge in [-0.05, 0) is 219 Å². The van der Waals surface area contributed by atoms with Crippen LogP contribution >= 0.6 is 0 Å². The van der Waals surface area contributed by atoms with Gasteiger partial charge in [0.25, 0.3) is 0 Å². The molecule has 0 aliphatic heterocycles. The third-order valence-electron chi connectivity index (χ3n) is 17.0. The van der Waals surface area contributed by atoms with E-state index in [2.05, 4.69) is 120 Å². The van der Waals surface area contributed by atoms with Crippen LogP contribution in [0, 0.1) is 49.4 Å². The molecular formula is C57H65NO2Zr. The molecule has 0 unspecified atom stereocenters. The molecule has 0 atom stereocenters. The van der Waals surface area contributed by atoms with Crippen molar-refractivity contribution in [2.45, 2.75) is 141 Å². The molecule has 61 heavy (non-hydrogen) atoms. The van der Waals surface area contributed by atoms with Crippen molar-refractivity contribution >= 4 is 0 Å². The van der Waals surface area contributed by atoms with Crippen LogP contribution in [0.2, 0.25) is 0 Å². The average molecular weight is 887 g/mol. The van der Waals surface area contributed by atoms with Crippen LogP contribution in [0.15, 0.2) is 78.9 Å². The average Bonchev–Trinajstić information content (AvgIpc) is 3.21. The van der Waals surface area contributed by atoms with Crippen molar-refractivity contribution in [3.8, 4) is 56.3 Å². The van der Waals surface area contributed by atoms with E-state index in [9.17, 15) is 10.2 Å². The smallest absolute Gasteiger partial charge is 0.127 e. The molecule has 1 heterocycles. The van der Waals surface area contributed by atoms with Gasteiger partial charge in [0, 0.05) is 59.6 Å². The second kappa shape index (κ2) is 15.4. The van der Waals surface area contributed by atoms with E-state index in [4.69, 9.17) is 4.98 Å². The Kier molecular flexibility index (Phi) is 10.4. The summed E-state index contributed by atoms with van der Waals surface area (Å²) in [6.45, 7) is 13.5. The third kappa shape index (κ3) is 7.03. The number of rotatable bonds is 8. The molecule has 13 rings (SSSR count). The van der Waals surface area contributed by atoms with E-state index in [-0.39, 0.29) is 37.0 Å². The number of aryl methyl sites for hydroxylation is 2. The summed E-state index contributed by atoms with van der Waals surface area (Å²) in [6, 6.07) is 29.2. The van der Waals surface area contributed by atoms with Crippen molar-refractivity contribution in [3.05, 3.63) is 112 Å². The molecule has 8 aliphatic rings. The molecule has 0 radical (unpaired) electrons. The van der Waals surface area contributed by atoms with Crippen molar-refractivity contribution < 1.29 is 36.4 Å². The maximum absolute atomic E-state index is 12.5. The first-order valence-corrected chi connectivity index (χ1v) is 23.8. The number of aromatic hydroxyl groups is 2. The summed E-state index contributed by atoms with van der Waals surface area (Å²) in [5.74, 6) is 6.47. The SMILES string of the molecule is Cc1cc(-c2ccc(C(C)C)cc2-c2cccc(-c3cc(C(C)C)ccc3-c3cc(C)cc(C45CC6CC(CC(C6)C4)C5)c3O)n2)c(O)c(C23CC4CC(CC(C4)C2)C3)c1.[Zr]. The van der Waals surface area contributed by atoms with Gasteiger partial charge in [0.05, 0.1) is 11.4 Å². The molecule has 0 spiro atoms. The van der Waals surface area contributed by atoms with Crippen LogP contribution in [0.25, 0.3) is 44.8 Å². The monoisotopic (exact) mass is 885 g/mol. The normalized spacial score (nSPS) is 29.4. The van der Waals surface area contributed by atoms with Gasteiger partial charge < -0.3 is 10.2 Å². The molecule has 3 nitrogen and oxygen atoms in total.